The molecule has 1 saturated heterocycles. The summed E-state index contributed by atoms with van der Waals surface area (Å²) < 4.78 is 33.4. The van der Waals surface area contributed by atoms with Gasteiger partial charge in [0.05, 0.1) is 24.4 Å². The van der Waals surface area contributed by atoms with Crippen molar-refractivity contribution in [2.75, 3.05) is 37.7 Å². The fourth-order valence-electron chi connectivity index (χ4n) is 4.62. The van der Waals surface area contributed by atoms with Crippen LogP contribution in [0.15, 0.2) is 78.9 Å². The molecule has 1 fully saturated rings. The van der Waals surface area contributed by atoms with E-state index in [1.54, 1.807) is 41.9 Å². The van der Waals surface area contributed by atoms with Gasteiger partial charge in [-0.05, 0) is 67.1 Å². The van der Waals surface area contributed by atoms with Crippen LogP contribution in [0.25, 0.3) is 16.9 Å². The second-order valence-corrected chi connectivity index (χ2v) is 9.24. The average Bonchev–Trinajstić information content (AvgIpc) is 3.41. The van der Waals surface area contributed by atoms with Gasteiger partial charge in [0.25, 0.3) is 0 Å². The molecule has 1 amide bonds. The van der Waals surface area contributed by atoms with Crippen molar-refractivity contribution in [3.8, 4) is 16.9 Å². The molecule has 5 rings (SSSR count). The van der Waals surface area contributed by atoms with Crippen LogP contribution in [0.1, 0.15) is 23.0 Å². The largest absolute Gasteiger partial charge is 0.461 e. The van der Waals surface area contributed by atoms with Crippen LogP contribution in [-0.4, -0.2) is 59.3 Å². The Hall–Kier alpha value is -4.53. The van der Waals surface area contributed by atoms with Crippen LogP contribution in [-0.2, 0) is 16.0 Å². The molecule has 0 N–H and O–H groups in total. The molecule has 2 heterocycles. The van der Waals surface area contributed by atoms with Crippen LogP contribution < -0.4 is 4.90 Å². The first kappa shape index (κ1) is 26.1. The fourth-order valence-corrected chi connectivity index (χ4v) is 4.62. The average molecular weight is 531 g/mol. The Labute approximate surface area is 225 Å². The summed E-state index contributed by atoms with van der Waals surface area (Å²) in [6.07, 6.45) is 0.254. The standard InChI is InChI=1S/C30H28F2N4O3/c1-2-39-30(38)27-20-28(36(33-27)26-13-9-24(32)10-14-26)22-5-11-25(12-6-22)34-15-17-35(18-16-34)29(37)19-21-3-7-23(31)8-4-21/h3-14,20H,2,15-19H2,1H3. The van der Waals surface area contributed by atoms with E-state index in [9.17, 15) is 18.4 Å². The Bertz CT molecular complexity index is 1440. The second-order valence-electron chi connectivity index (χ2n) is 9.24. The number of benzene rings is 3. The molecule has 7 nitrogen and oxygen atoms in total. The number of hydrogen-bond donors (Lipinski definition) is 0. The lowest BCUT2D eigenvalue weighted by Gasteiger charge is -2.36. The molecule has 1 aromatic heterocycles. The molecule has 0 radical (unpaired) electrons. The quantitative estimate of drug-likeness (QED) is 0.319. The van der Waals surface area contributed by atoms with Crippen LogP contribution in [0.2, 0.25) is 0 Å². The van der Waals surface area contributed by atoms with Gasteiger partial charge in [0.15, 0.2) is 5.69 Å². The maximum Gasteiger partial charge on any atom is 0.358 e. The molecule has 0 bridgehead atoms. The summed E-state index contributed by atoms with van der Waals surface area (Å²) in [6.45, 7) is 4.54. The van der Waals surface area contributed by atoms with Crippen molar-refractivity contribution in [3.05, 3.63) is 102 Å². The molecule has 200 valence electrons. The minimum absolute atomic E-state index is 0.0306. The zero-order chi connectivity index (χ0) is 27.4. The number of carbonyl (C=O) groups excluding carboxylic acids is 2. The van der Waals surface area contributed by atoms with Crippen LogP contribution in [0.3, 0.4) is 0 Å². The molecular weight excluding hydrogens is 502 g/mol. The topological polar surface area (TPSA) is 67.7 Å². The molecule has 1 aliphatic rings. The molecule has 0 atom stereocenters. The summed E-state index contributed by atoms with van der Waals surface area (Å²) in [5.41, 5.74) is 4.11. The number of nitrogens with zero attached hydrogens (tertiary/aromatic N) is 4. The number of rotatable bonds is 7. The fraction of sp³-hybridized carbons (Fsp3) is 0.233. The highest BCUT2D eigenvalue weighted by molar-refractivity contribution is 5.89. The summed E-state index contributed by atoms with van der Waals surface area (Å²) in [5.74, 6) is -1.17. The lowest BCUT2D eigenvalue weighted by Crippen LogP contribution is -2.49. The van der Waals surface area contributed by atoms with Gasteiger partial charge in [-0.2, -0.15) is 5.10 Å². The summed E-state index contributed by atoms with van der Waals surface area (Å²) in [4.78, 5) is 29.1. The van der Waals surface area contributed by atoms with E-state index in [1.807, 2.05) is 29.2 Å². The minimum Gasteiger partial charge on any atom is -0.461 e. The van der Waals surface area contributed by atoms with E-state index >= 15 is 0 Å². The zero-order valence-electron chi connectivity index (χ0n) is 21.5. The third kappa shape index (κ3) is 5.98. The Morgan fingerprint density at radius 1 is 0.821 bits per heavy atom. The number of halogens is 2. The third-order valence-electron chi connectivity index (χ3n) is 6.69. The maximum absolute atomic E-state index is 13.5. The Morgan fingerprint density at radius 3 is 2.03 bits per heavy atom. The normalized spacial score (nSPS) is 13.4. The minimum atomic E-state index is -0.525. The van der Waals surface area contributed by atoms with Crippen LogP contribution >= 0.6 is 0 Å². The van der Waals surface area contributed by atoms with Gasteiger partial charge in [-0.25, -0.2) is 18.3 Å². The highest BCUT2D eigenvalue weighted by Crippen LogP contribution is 2.27. The van der Waals surface area contributed by atoms with Gasteiger partial charge in [-0.15, -0.1) is 0 Å². The van der Waals surface area contributed by atoms with Crippen molar-refractivity contribution in [2.45, 2.75) is 13.3 Å². The van der Waals surface area contributed by atoms with E-state index in [4.69, 9.17) is 4.74 Å². The number of hydrogen-bond acceptors (Lipinski definition) is 5. The Morgan fingerprint density at radius 2 is 1.41 bits per heavy atom. The van der Waals surface area contributed by atoms with Crippen LogP contribution in [0, 0.1) is 11.6 Å². The monoisotopic (exact) mass is 530 g/mol. The van der Waals surface area contributed by atoms with Gasteiger partial charge in [0.1, 0.15) is 11.6 Å². The predicted octanol–water partition coefficient (Wildman–Crippen LogP) is 4.89. The van der Waals surface area contributed by atoms with E-state index < -0.39 is 5.97 Å². The summed E-state index contributed by atoms with van der Waals surface area (Å²) in [5, 5.41) is 4.43. The molecule has 0 unspecified atom stereocenters. The molecule has 4 aromatic rings. The number of ether oxygens (including phenoxy) is 1. The molecule has 9 heteroatoms. The van der Waals surface area contributed by atoms with E-state index in [0.717, 1.165) is 16.8 Å². The molecule has 1 aliphatic heterocycles. The smallest absolute Gasteiger partial charge is 0.358 e. The van der Waals surface area contributed by atoms with Gasteiger partial charge in [0, 0.05) is 37.4 Å². The molecule has 0 saturated carbocycles. The molecule has 39 heavy (non-hydrogen) atoms. The van der Waals surface area contributed by atoms with Crippen molar-refractivity contribution >= 4 is 17.6 Å². The number of anilines is 1. The first-order valence-corrected chi connectivity index (χ1v) is 12.8. The molecular formula is C30H28F2N4O3. The second kappa shape index (κ2) is 11.5. The summed E-state index contributed by atoms with van der Waals surface area (Å²) >= 11 is 0. The zero-order valence-corrected chi connectivity index (χ0v) is 21.5. The SMILES string of the molecule is CCOC(=O)c1cc(-c2ccc(N3CCN(C(=O)Cc4ccc(F)cc4)CC3)cc2)n(-c2ccc(F)cc2)n1. The van der Waals surface area contributed by atoms with Gasteiger partial charge < -0.3 is 14.5 Å². The van der Waals surface area contributed by atoms with Crippen molar-refractivity contribution in [1.82, 2.24) is 14.7 Å². The third-order valence-corrected chi connectivity index (χ3v) is 6.69. The van der Waals surface area contributed by atoms with Crippen molar-refractivity contribution in [1.29, 1.82) is 0 Å². The first-order valence-electron chi connectivity index (χ1n) is 12.8. The van der Waals surface area contributed by atoms with E-state index in [1.165, 1.54) is 24.3 Å². The lowest BCUT2D eigenvalue weighted by molar-refractivity contribution is -0.130. The predicted molar refractivity (Wildman–Crippen MR) is 144 cm³/mol. The lowest BCUT2D eigenvalue weighted by atomic mass is 10.1. The van der Waals surface area contributed by atoms with Crippen LogP contribution in [0.5, 0.6) is 0 Å². The first-order chi connectivity index (χ1) is 18.9. The van der Waals surface area contributed by atoms with Gasteiger partial charge in [-0.3, -0.25) is 4.79 Å². The number of esters is 1. The van der Waals surface area contributed by atoms with E-state index in [-0.39, 0.29) is 36.3 Å². The highest BCUT2D eigenvalue weighted by atomic mass is 19.1. The molecule has 3 aromatic carbocycles. The maximum atomic E-state index is 13.5. The van der Waals surface area contributed by atoms with Crippen LogP contribution in [0.4, 0.5) is 14.5 Å². The number of carbonyl (C=O) groups is 2. The van der Waals surface area contributed by atoms with E-state index in [2.05, 4.69) is 10.00 Å². The molecule has 0 spiro atoms. The number of piperazine rings is 1. The van der Waals surface area contributed by atoms with Crippen molar-refractivity contribution in [2.24, 2.45) is 0 Å². The van der Waals surface area contributed by atoms with E-state index in [0.29, 0.717) is 37.6 Å². The summed E-state index contributed by atoms with van der Waals surface area (Å²) in [6, 6.07) is 21.5. The van der Waals surface area contributed by atoms with Gasteiger partial charge in [0.2, 0.25) is 5.91 Å². The van der Waals surface area contributed by atoms with Crippen molar-refractivity contribution < 1.29 is 23.1 Å². The highest BCUT2D eigenvalue weighted by Gasteiger charge is 2.22. The van der Waals surface area contributed by atoms with Gasteiger partial charge >= 0.3 is 5.97 Å². The summed E-state index contributed by atoms with van der Waals surface area (Å²) in [7, 11) is 0. The Kier molecular flexibility index (Phi) is 7.67. The number of aromatic nitrogens is 2. The van der Waals surface area contributed by atoms with Crippen molar-refractivity contribution in [3.63, 3.8) is 0 Å². The Balaban J connectivity index is 1.29. The number of amides is 1. The molecule has 0 aliphatic carbocycles. The van der Waals surface area contributed by atoms with Gasteiger partial charge in [-0.1, -0.05) is 24.3 Å².